The van der Waals surface area contributed by atoms with Crippen LogP contribution in [0, 0.1) is 0 Å². The van der Waals surface area contributed by atoms with Crippen LogP contribution in [0.5, 0.6) is 0 Å². The Hall–Kier alpha value is -1.75. The highest BCUT2D eigenvalue weighted by Crippen LogP contribution is 2.15. The SMILES string of the molecule is CC(C)(C)OC(=O)N1CCN(Cc2ccc(Cl)cc2)C(=O)C1. The van der Waals surface area contributed by atoms with E-state index in [2.05, 4.69) is 0 Å². The van der Waals surface area contributed by atoms with E-state index in [1.165, 1.54) is 4.90 Å². The summed E-state index contributed by atoms with van der Waals surface area (Å²) < 4.78 is 5.29. The van der Waals surface area contributed by atoms with Gasteiger partial charge in [0.1, 0.15) is 12.1 Å². The zero-order valence-corrected chi connectivity index (χ0v) is 13.9. The van der Waals surface area contributed by atoms with Crippen molar-refractivity contribution in [2.45, 2.75) is 32.9 Å². The predicted octanol–water partition coefficient (Wildman–Crippen LogP) is 2.92. The minimum atomic E-state index is -0.555. The molecule has 1 aromatic rings. The van der Waals surface area contributed by atoms with Gasteiger partial charge in [0, 0.05) is 24.7 Å². The minimum absolute atomic E-state index is 0.0580. The zero-order valence-electron chi connectivity index (χ0n) is 13.1. The number of nitrogens with zero attached hydrogens (tertiary/aromatic N) is 2. The topological polar surface area (TPSA) is 49.9 Å². The summed E-state index contributed by atoms with van der Waals surface area (Å²) in [6.45, 7) is 6.99. The molecule has 6 heteroatoms. The van der Waals surface area contributed by atoms with Gasteiger partial charge in [0.05, 0.1) is 0 Å². The average Bonchev–Trinajstić information content (AvgIpc) is 2.41. The highest BCUT2D eigenvalue weighted by atomic mass is 35.5. The van der Waals surface area contributed by atoms with E-state index in [1.807, 2.05) is 32.9 Å². The molecule has 0 spiro atoms. The van der Waals surface area contributed by atoms with E-state index >= 15 is 0 Å². The molecule has 2 rings (SSSR count). The maximum absolute atomic E-state index is 12.2. The summed E-state index contributed by atoms with van der Waals surface area (Å²) in [7, 11) is 0. The summed E-state index contributed by atoms with van der Waals surface area (Å²) in [5.41, 5.74) is 0.462. The van der Waals surface area contributed by atoms with Crippen LogP contribution in [0.15, 0.2) is 24.3 Å². The van der Waals surface area contributed by atoms with Gasteiger partial charge in [-0.2, -0.15) is 0 Å². The summed E-state index contributed by atoms with van der Waals surface area (Å²) in [6.07, 6.45) is -0.438. The van der Waals surface area contributed by atoms with Crippen LogP contribution < -0.4 is 0 Å². The highest BCUT2D eigenvalue weighted by Gasteiger charge is 2.30. The van der Waals surface area contributed by atoms with Crippen molar-refractivity contribution in [1.82, 2.24) is 9.80 Å². The number of piperazine rings is 1. The molecule has 0 bridgehead atoms. The summed E-state index contributed by atoms with van der Waals surface area (Å²) >= 11 is 5.85. The van der Waals surface area contributed by atoms with Crippen molar-refractivity contribution in [3.63, 3.8) is 0 Å². The quantitative estimate of drug-likeness (QED) is 0.840. The van der Waals surface area contributed by atoms with Crippen LogP contribution in [0.3, 0.4) is 0 Å². The first-order chi connectivity index (χ1) is 10.2. The fraction of sp³-hybridized carbons (Fsp3) is 0.500. The summed E-state index contributed by atoms with van der Waals surface area (Å²) in [6, 6.07) is 7.41. The molecule has 0 unspecified atom stereocenters. The number of rotatable bonds is 2. The lowest BCUT2D eigenvalue weighted by Gasteiger charge is -2.35. The Morgan fingerprint density at radius 3 is 2.41 bits per heavy atom. The number of amides is 2. The Morgan fingerprint density at radius 1 is 1.23 bits per heavy atom. The molecule has 0 atom stereocenters. The molecule has 120 valence electrons. The lowest BCUT2D eigenvalue weighted by molar-refractivity contribution is -0.136. The Balaban J connectivity index is 1.91. The summed E-state index contributed by atoms with van der Waals surface area (Å²) in [5.74, 6) is -0.0768. The van der Waals surface area contributed by atoms with Gasteiger partial charge in [0.25, 0.3) is 0 Å². The lowest BCUT2D eigenvalue weighted by atomic mass is 10.2. The first-order valence-corrected chi connectivity index (χ1v) is 7.62. The monoisotopic (exact) mass is 324 g/mol. The van der Waals surface area contributed by atoms with Crippen LogP contribution >= 0.6 is 11.6 Å². The van der Waals surface area contributed by atoms with Crippen molar-refractivity contribution in [2.75, 3.05) is 19.6 Å². The summed E-state index contributed by atoms with van der Waals surface area (Å²) in [5, 5.41) is 0.671. The molecule has 1 saturated heterocycles. The smallest absolute Gasteiger partial charge is 0.410 e. The molecule has 0 aromatic heterocycles. The van der Waals surface area contributed by atoms with Crippen LogP contribution in [0.1, 0.15) is 26.3 Å². The van der Waals surface area contributed by atoms with E-state index in [0.29, 0.717) is 24.7 Å². The van der Waals surface area contributed by atoms with E-state index in [0.717, 1.165) is 5.56 Å². The molecule has 1 heterocycles. The van der Waals surface area contributed by atoms with Crippen LogP contribution in [-0.2, 0) is 16.1 Å². The van der Waals surface area contributed by atoms with Gasteiger partial charge in [-0.05, 0) is 38.5 Å². The Morgan fingerprint density at radius 2 is 1.86 bits per heavy atom. The van der Waals surface area contributed by atoms with Gasteiger partial charge >= 0.3 is 6.09 Å². The molecular formula is C16H21ClN2O3. The summed E-state index contributed by atoms with van der Waals surface area (Å²) in [4.78, 5) is 27.4. The molecule has 22 heavy (non-hydrogen) atoms. The lowest BCUT2D eigenvalue weighted by Crippen LogP contribution is -2.52. The fourth-order valence-electron chi connectivity index (χ4n) is 2.17. The van der Waals surface area contributed by atoms with Crippen molar-refractivity contribution in [3.05, 3.63) is 34.9 Å². The maximum atomic E-state index is 12.2. The third-order valence-electron chi connectivity index (χ3n) is 3.26. The molecule has 1 aliphatic heterocycles. The minimum Gasteiger partial charge on any atom is -0.444 e. The molecule has 0 saturated carbocycles. The van der Waals surface area contributed by atoms with Crippen LogP contribution in [-0.4, -0.2) is 47.0 Å². The number of carbonyl (C=O) groups is 2. The largest absolute Gasteiger partial charge is 0.444 e. The first kappa shape index (κ1) is 16.6. The molecule has 1 fully saturated rings. The van der Waals surface area contributed by atoms with E-state index < -0.39 is 11.7 Å². The van der Waals surface area contributed by atoms with Crippen LogP contribution in [0.2, 0.25) is 5.02 Å². The van der Waals surface area contributed by atoms with E-state index in [9.17, 15) is 9.59 Å². The molecule has 1 aliphatic rings. The molecule has 1 aromatic carbocycles. The number of halogens is 1. The van der Waals surface area contributed by atoms with E-state index in [-0.39, 0.29) is 12.5 Å². The molecule has 0 aliphatic carbocycles. The van der Waals surface area contributed by atoms with Crippen molar-refractivity contribution in [1.29, 1.82) is 0 Å². The van der Waals surface area contributed by atoms with Gasteiger partial charge in [-0.1, -0.05) is 23.7 Å². The Labute approximate surface area is 135 Å². The zero-order chi connectivity index (χ0) is 16.3. The van der Waals surface area contributed by atoms with Crippen LogP contribution in [0.25, 0.3) is 0 Å². The van der Waals surface area contributed by atoms with Gasteiger partial charge in [0.15, 0.2) is 0 Å². The number of hydrogen-bond donors (Lipinski definition) is 0. The maximum Gasteiger partial charge on any atom is 0.410 e. The van der Waals surface area contributed by atoms with Crippen LogP contribution in [0.4, 0.5) is 4.79 Å². The van der Waals surface area contributed by atoms with Crippen molar-refractivity contribution >= 4 is 23.6 Å². The van der Waals surface area contributed by atoms with Gasteiger partial charge < -0.3 is 9.64 Å². The third kappa shape index (κ3) is 4.63. The van der Waals surface area contributed by atoms with Crippen molar-refractivity contribution < 1.29 is 14.3 Å². The second kappa shape index (κ2) is 6.57. The molecule has 0 radical (unpaired) electrons. The number of carbonyl (C=O) groups excluding carboxylic acids is 2. The van der Waals surface area contributed by atoms with E-state index in [1.54, 1.807) is 17.0 Å². The van der Waals surface area contributed by atoms with Crippen molar-refractivity contribution in [3.8, 4) is 0 Å². The standard InChI is InChI=1S/C16H21ClN2O3/c1-16(2,3)22-15(21)19-9-8-18(14(20)11-19)10-12-4-6-13(17)7-5-12/h4-7H,8-11H2,1-3H3. The molecular weight excluding hydrogens is 304 g/mol. The second-order valence-electron chi connectivity index (χ2n) is 6.34. The second-order valence-corrected chi connectivity index (χ2v) is 6.78. The third-order valence-corrected chi connectivity index (χ3v) is 3.51. The van der Waals surface area contributed by atoms with Gasteiger partial charge in [-0.25, -0.2) is 4.79 Å². The number of hydrogen-bond acceptors (Lipinski definition) is 3. The Bertz CT molecular complexity index is 552. The molecule has 2 amide bonds. The first-order valence-electron chi connectivity index (χ1n) is 7.25. The van der Waals surface area contributed by atoms with Gasteiger partial charge in [0.2, 0.25) is 5.91 Å². The average molecular weight is 325 g/mol. The fourth-order valence-corrected chi connectivity index (χ4v) is 2.29. The molecule has 5 nitrogen and oxygen atoms in total. The normalized spacial score (nSPS) is 15.9. The van der Waals surface area contributed by atoms with Gasteiger partial charge in [-0.3, -0.25) is 9.69 Å². The predicted molar refractivity (Wildman–Crippen MR) is 84.7 cm³/mol. The number of benzene rings is 1. The number of ether oxygens (including phenoxy) is 1. The van der Waals surface area contributed by atoms with Gasteiger partial charge in [-0.15, -0.1) is 0 Å². The van der Waals surface area contributed by atoms with E-state index in [4.69, 9.17) is 16.3 Å². The van der Waals surface area contributed by atoms with Crippen molar-refractivity contribution in [2.24, 2.45) is 0 Å². The molecule has 0 N–H and O–H groups in total. The Kier molecular flexibility index (Phi) is 4.96. The highest BCUT2D eigenvalue weighted by molar-refractivity contribution is 6.30.